The molecule has 0 saturated carbocycles. The van der Waals surface area contributed by atoms with Crippen molar-refractivity contribution < 1.29 is 0 Å². The summed E-state index contributed by atoms with van der Waals surface area (Å²) in [5, 5.41) is 0. The van der Waals surface area contributed by atoms with Gasteiger partial charge in [-0.1, -0.05) is 124 Å². The number of benzene rings is 6. The van der Waals surface area contributed by atoms with Crippen LogP contribution < -0.4 is 9.80 Å². The summed E-state index contributed by atoms with van der Waals surface area (Å²) in [6, 6.07) is 56.1. The lowest BCUT2D eigenvalue weighted by Crippen LogP contribution is -2.10. The van der Waals surface area contributed by atoms with E-state index in [1.807, 2.05) is 27.7 Å². The summed E-state index contributed by atoms with van der Waals surface area (Å²) >= 11 is 0. The van der Waals surface area contributed by atoms with Crippen molar-refractivity contribution in [3.63, 3.8) is 0 Å². The van der Waals surface area contributed by atoms with E-state index < -0.39 is 0 Å². The van der Waals surface area contributed by atoms with Gasteiger partial charge in [-0.05, 0) is 97.8 Å². The molecule has 0 aliphatic carbocycles. The number of hydrogen-bond acceptors (Lipinski definition) is 2. The second kappa shape index (κ2) is 16.0. The molecule has 6 aromatic carbocycles. The van der Waals surface area contributed by atoms with Crippen LogP contribution in [0.3, 0.4) is 0 Å². The van der Waals surface area contributed by atoms with Crippen LogP contribution in [0.15, 0.2) is 158 Å². The largest absolute Gasteiger partial charge is 0.311 e. The van der Waals surface area contributed by atoms with E-state index in [-0.39, 0.29) is 0 Å². The van der Waals surface area contributed by atoms with E-state index in [0.717, 1.165) is 34.1 Å². The SMILES string of the molecule is CC.CC.Cc1ccc(N(c2ccc(C)cc2)c2ccc(-c3ccc(N(c4ccccc4)c4ccccc4)cc3)cc2)cc1. The Bertz CT molecular complexity index is 1570. The first-order valence-electron chi connectivity index (χ1n) is 15.7. The Morgan fingerprint density at radius 2 is 0.500 bits per heavy atom. The maximum atomic E-state index is 2.31. The fraction of sp³-hybridized carbons (Fsp3) is 0.143. The molecular weight excluding hydrogens is 532 g/mol. The summed E-state index contributed by atoms with van der Waals surface area (Å²) in [5.74, 6) is 0. The molecule has 0 radical (unpaired) electrons. The minimum absolute atomic E-state index is 1.13. The Morgan fingerprint density at radius 1 is 0.273 bits per heavy atom. The second-order valence-corrected chi connectivity index (χ2v) is 10.1. The fourth-order valence-corrected chi connectivity index (χ4v) is 5.04. The molecule has 0 fully saturated rings. The molecule has 0 N–H and O–H groups in total. The van der Waals surface area contributed by atoms with Crippen molar-refractivity contribution in [2.75, 3.05) is 9.80 Å². The van der Waals surface area contributed by atoms with E-state index >= 15 is 0 Å². The Kier molecular flexibility index (Phi) is 11.5. The average Bonchev–Trinajstić information content (AvgIpc) is 3.10. The summed E-state index contributed by atoms with van der Waals surface area (Å²) in [7, 11) is 0. The molecule has 222 valence electrons. The smallest absolute Gasteiger partial charge is 0.0462 e. The zero-order valence-corrected chi connectivity index (χ0v) is 26.9. The average molecular weight is 577 g/mol. The second-order valence-electron chi connectivity index (χ2n) is 10.1. The van der Waals surface area contributed by atoms with Crippen LogP contribution in [0, 0.1) is 13.8 Å². The predicted octanol–water partition coefficient (Wildman–Crippen LogP) is 13.0. The quantitative estimate of drug-likeness (QED) is 0.186. The van der Waals surface area contributed by atoms with Gasteiger partial charge in [0, 0.05) is 34.1 Å². The third-order valence-electron chi connectivity index (χ3n) is 7.20. The van der Waals surface area contributed by atoms with Crippen molar-refractivity contribution in [1.82, 2.24) is 0 Å². The van der Waals surface area contributed by atoms with Gasteiger partial charge in [0.2, 0.25) is 0 Å². The highest BCUT2D eigenvalue weighted by atomic mass is 15.1. The lowest BCUT2D eigenvalue weighted by molar-refractivity contribution is 1.27. The highest BCUT2D eigenvalue weighted by Gasteiger charge is 2.14. The molecule has 0 atom stereocenters. The first-order chi connectivity index (χ1) is 21.7. The molecule has 6 rings (SSSR count). The van der Waals surface area contributed by atoms with Crippen molar-refractivity contribution in [1.29, 1.82) is 0 Å². The van der Waals surface area contributed by atoms with Gasteiger partial charge in [0.25, 0.3) is 0 Å². The zero-order chi connectivity index (χ0) is 31.3. The normalized spacial score (nSPS) is 10.0. The van der Waals surface area contributed by atoms with E-state index in [1.54, 1.807) is 0 Å². The molecule has 0 heterocycles. The Balaban J connectivity index is 0.00000106. The molecule has 2 nitrogen and oxygen atoms in total. The summed E-state index contributed by atoms with van der Waals surface area (Å²) in [6.45, 7) is 12.2. The van der Waals surface area contributed by atoms with Gasteiger partial charge < -0.3 is 9.80 Å². The molecule has 0 amide bonds. The lowest BCUT2D eigenvalue weighted by atomic mass is 10.0. The van der Waals surface area contributed by atoms with Gasteiger partial charge in [-0.15, -0.1) is 0 Å². The molecule has 2 heteroatoms. The maximum Gasteiger partial charge on any atom is 0.0462 e. The van der Waals surface area contributed by atoms with E-state index in [9.17, 15) is 0 Å². The van der Waals surface area contributed by atoms with Crippen LogP contribution in [0.1, 0.15) is 38.8 Å². The van der Waals surface area contributed by atoms with Crippen LogP contribution in [-0.4, -0.2) is 0 Å². The third-order valence-corrected chi connectivity index (χ3v) is 7.20. The highest BCUT2D eigenvalue weighted by Crippen LogP contribution is 2.37. The van der Waals surface area contributed by atoms with Crippen LogP contribution in [0.5, 0.6) is 0 Å². The van der Waals surface area contributed by atoms with Crippen LogP contribution in [0.25, 0.3) is 11.1 Å². The first-order valence-corrected chi connectivity index (χ1v) is 15.7. The van der Waals surface area contributed by atoms with Crippen LogP contribution >= 0.6 is 0 Å². The van der Waals surface area contributed by atoms with Crippen LogP contribution in [0.2, 0.25) is 0 Å². The summed E-state index contributed by atoms with van der Waals surface area (Å²) in [4.78, 5) is 4.59. The van der Waals surface area contributed by atoms with Crippen molar-refractivity contribution >= 4 is 34.1 Å². The van der Waals surface area contributed by atoms with Crippen LogP contribution in [-0.2, 0) is 0 Å². The molecule has 0 unspecified atom stereocenters. The number of hydrogen-bond donors (Lipinski definition) is 0. The van der Waals surface area contributed by atoms with Gasteiger partial charge in [-0.25, -0.2) is 0 Å². The fourth-order valence-electron chi connectivity index (χ4n) is 5.04. The third kappa shape index (κ3) is 7.65. The number of aryl methyl sites for hydroxylation is 2. The molecule has 0 saturated heterocycles. The summed E-state index contributed by atoms with van der Waals surface area (Å²) in [5.41, 5.74) is 11.7. The minimum atomic E-state index is 1.13. The molecule has 6 aromatic rings. The van der Waals surface area contributed by atoms with Gasteiger partial charge in [0.15, 0.2) is 0 Å². The monoisotopic (exact) mass is 576 g/mol. The Hall–Kier alpha value is -5.08. The van der Waals surface area contributed by atoms with Crippen molar-refractivity contribution in [2.24, 2.45) is 0 Å². The van der Waals surface area contributed by atoms with Crippen molar-refractivity contribution in [3.8, 4) is 11.1 Å². The standard InChI is InChI=1S/C38H32N2.2C2H6/c1-29-13-21-35(22-14-29)40(36-23-15-30(2)16-24-36)38-27-19-32(20-28-38)31-17-25-37(26-18-31)39(33-9-5-3-6-10-33)34-11-7-4-8-12-34;2*1-2/h3-28H,1-2H3;2*1-2H3. The van der Waals surface area contributed by atoms with Gasteiger partial charge in [-0.3, -0.25) is 0 Å². The molecule has 0 aliphatic rings. The lowest BCUT2D eigenvalue weighted by Gasteiger charge is -2.26. The first kappa shape index (κ1) is 31.8. The predicted molar refractivity (Wildman–Crippen MR) is 193 cm³/mol. The molecule has 0 aromatic heterocycles. The topological polar surface area (TPSA) is 6.48 Å². The molecule has 0 spiro atoms. The van der Waals surface area contributed by atoms with E-state index in [4.69, 9.17) is 0 Å². The Labute approximate surface area is 264 Å². The molecule has 0 aliphatic heterocycles. The van der Waals surface area contributed by atoms with Crippen molar-refractivity contribution in [2.45, 2.75) is 41.5 Å². The summed E-state index contributed by atoms with van der Waals surface area (Å²) < 4.78 is 0. The highest BCUT2D eigenvalue weighted by molar-refractivity contribution is 5.80. The molecule has 44 heavy (non-hydrogen) atoms. The van der Waals surface area contributed by atoms with Crippen LogP contribution in [0.4, 0.5) is 34.1 Å². The maximum absolute atomic E-state index is 2.31. The van der Waals surface area contributed by atoms with E-state index in [1.165, 1.54) is 22.3 Å². The van der Waals surface area contributed by atoms with Gasteiger partial charge >= 0.3 is 0 Å². The van der Waals surface area contributed by atoms with Crippen molar-refractivity contribution in [3.05, 3.63) is 169 Å². The number of nitrogens with zero attached hydrogens (tertiary/aromatic N) is 2. The number of rotatable bonds is 7. The zero-order valence-electron chi connectivity index (χ0n) is 26.9. The Morgan fingerprint density at radius 3 is 0.773 bits per heavy atom. The molecular formula is C42H44N2. The number of anilines is 6. The summed E-state index contributed by atoms with van der Waals surface area (Å²) in [6.07, 6.45) is 0. The van der Waals surface area contributed by atoms with Gasteiger partial charge in [-0.2, -0.15) is 0 Å². The van der Waals surface area contributed by atoms with E-state index in [0.29, 0.717) is 0 Å². The molecule has 0 bridgehead atoms. The van der Waals surface area contributed by atoms with Gasteiger partial charge in [0.05, 0.1) is 0 Å². The minimum Gasteiger partial charge on any atom is -0.311 e. The van der Waals surface area contributed by atoms with E-state index in [2.05, 4.69) is 181 Å². The number of para-hydroxylation sites is 2. The van der Waals surface area contributed by atoms with Gasteiger partial charge in [0.1, 0.15) is 0 Å².